The standard InChI is InChI=1S/C25H19BrF7N3O3/c26-14-3-6-17-16(7-14)18(28)8-24(17)20(38)35(21(39)34-24)10-19(37)36(9-13-1-4-15(27)5-2-13)22(25(31,32)33)11-23(29,30)12-22/h1-7,18H,8-12H2,(H,34,39)/t18-,24+/m1/s1. The molecule has 0 unspecified atom stereocenters. The second-order valence-corrected chi connectivity index (χ2v) is 10.9. The van der Waals surface area contributed by atoms with E-state index < -0.39 is 85.4 Å². The molecule has 1 saturated heterocycles. The van der Waals surface area contributed by atoms with E-state index in [1.165, 1.54) is 18.2 Å². The van der Waals surface area contributed by atoms with Gasteiger partial charge in [0, 0.05) is 30.3 Å². The van der Waals surface area contributed by atoms with Crippen LogP contribution in [0.1, 0.15) is 42.1 Å². The maximum absolute atomic E-state index is 14.9. The highest BCUT2D eigenvalue weighted by Gasteiger charge is 2.73. The van der Waals surface area contributed by atoms with Crippen LogP contribution in [0.15, 0.2) is 46.9 Å². The Kier molecular flexibility index (Phi) is 6.28. The molecule has 5 rings (SSSR count). The molecule has 1 saturated carbocycles. The van der Waals surface area contributed by atoms with Gasteiger partial charge in [-0.15, -0.1) is 0 Å². The summed E-state index contributed by atoms with van der Waals surface area (Å²) in [5, 5.41) is 2.37. The van der Waals surface area contributed by atoms with Crippen LogP contribution in [0.3, 0.4) is 0 Å². The zero-order chi connectivity index (χ0) is 28.5. The monoisotopic (exact) mass is 621 g/mol. The Hall–Kier alpha value is -3.16. The molecule has 0 bridgehead atoms. The van der Waals surface area contributed by atoms with Crippen LogP contribution in [0.2, 0.25) is 0 Å². The highest BCUT2D eigenvalue weighted by Crippen LogP contribution is 2.57. The number of nitrogens with zero attached hydrogens (tertiary/aromatic N) is 2. The summed E-state index contributed by atoms with van der Waals surface area (Å²) in [5.41, 5.74) is -4.89. The van der Waals surface area contributed by atoms with Crippen LogP contribution in [0, 0.1) is 5.82 Å². The van der Waals surface area contributed by atoms with Gasteiger partial charge in [0.2, 0.25) is 5.91 Å². The number of imide groups is 1. The largest absolute Gasteiger partial charge is 0.412 e. The Morgan fingerprint density at radius 2 is 1.74 bits per heavy atom. The smallest absolute Gasteiger partial charge is 0.322 e. The highest BCUT2D eigenvalue weighted by molar-refractivity contribution is 9.10. The second-order valence-electron chi connectivity index (χ2n) is 9.98. The van der Waals surface area contributed by atoms with Gasteiger partial charge in [-0.2, -0.15) is 13.2 Å². The van der Waals surface area contributed by atoms with Crippen molar-refractivity contribution in [2.24, 2.45) is 0 Å². The zero-order valence-electron chi connectivity index (χ0n) is 19.8. The summed E-state index contributed by atoms with van der Waals surface area (Å²) < 4.78 is 99.1. The van der Waals surface area contributed by atoms with E-state index in [4.69, 9.17) is 0 Å². The van der Waals surface area contributed by atoms with E-state index >= 15 is 0 Å². The molecule has 0 aromatic heterocycles. The molecule has 4 amide bonds. The van der Waals surface area contributed by atoms with Gasteiger partial charge in [0.05, 0.1) is 0 Å². The maximum atomic E-state index is 14.9. The Balaban J connectivity index is 1.47. The molecule has 2 aromatic rings. The van der Waals surface area contributed by atoms with Crippen molar-refractivity contribution in [1.82, 2.24) is 15.1 Å². The van der Waals surface area contributed by atoms with Crippen LogP contribution in [-0.4, -0.2) is 51.8 Å². The van der Waals surface area contributed by atoms with Gasteiger partial charge in [-0.25, -0.2) is 22.4 Å². The van der Waals surface area contributed by atoms with Gasteiger partial charge in [0.15, 0.2) is 0 Å². The van der Waals surface area contributed by atoms with Gasteiger partial charge in [-0.1, -0.05) is 34.1 Å². The van der Waals surface area contributed by atoms with Crippen LogP contribution in [0.25, 0.3) is 0 Å². The van der Waals surface area contributed by atoms with Crippen molar-refractivity contribution in [3.63, 3.8) is 0 Å². The predicted octanol–water partition coefficient (Wildman–Crippen LogP) is 5.51. The summed E-state index contributed by atoms with van der Waals surface area (Å²) in [7, 11) is 0. The summed E-state index contributed by atoms with van der Waals surface area (Å²) >= 11 is 3.20. The summed E-state index contributed by atoms with van der Waals surface area (Å²) in [6.45, 7) is -2.05. The number of fused-ring (bicyclic) bond motifs is 2. The molecule has 1 N–H and O–H groups in total. The van der Waals surface area contributed by atoms with Crippen LogP contribution < -0.4 is 5.32 Å². The van der Waals surface area contributed by atoms with Crippen LogP contribution in [-0.2, 0) is 21.7 Å². The third kappa shape index (κ3) is 4.36. The average molecular weight is 622 g/mol. The molecule has 6 nitrogen and oxygen atoms in total. The highest BCUT2D eigenvalue weighted by atomic mass is 79.9. The van der Waals surface area contributed by atoms with Gasteiger partial charge in [0.25, 0.3) is 11.8 Å². The van der Waals surface area contributed by atoms with E-state index in [0.717, 1.165) is 24.3 Å². The van der Waals surface area contributed by atoms with Crippen molar-refractivity contribution in [3.8, 4) is 0 Å². The first-order valence-corrected chi connectivity index (χ1v) is 12.5. The second kappa shape index (κ2) is 8.93. The minimum atomic E-state index is -5.29. The number of hydrogen-bond acceptors (Lipinski definition) is 3. The molecule has 0 radical (unpaired) electrons. The molecule has 1 aliphatic heterocycles. The Labute approximate surface area is 225 Å². The number of alkyl halides is 6. The molecular formula is C25H19BrF7N3O3. The summed E-state index contributed by atoms with van der Waals surface area (Å²) in [6, 6.07) is 7.26. The van der Waals surface area contributed by atoms with Crippen LogP contribution in [0.5, 0.6) is 0 Å². The fraction of sp³-hybridized carbons (Fsp3) is 0.400. The van der Waals surface area contributed by atoms with Crippen molar-refractivity contribution in [2.75, 3.05) is 6.54 Å². The van der Waals surface area contributed by atoms with E-state index in [-0.39, 0.29) is 21.6 Å². The first-order chi connectivity index (χ1) is 18.1. The molecule has 14 heteroatoms. The third-order valence-electron chi connectivity index (χ3n) is 7.47. The van der Waals surface area contributed by atoms with E-state index in [1.54, 1.807) is 0 Å². The molecule has 2 aliphatic carbocycles. The Morgan fingerprint density at radius 3 is 2.33 bits per heavy atom. The Bertz CT molecular complexity index is 1360. The first kappa shape index (κ1) is 27.4. The molecule has 1 spiro atoms. The average Bonchev–Trinajstić information content (AvgIpc) is 3.22. The topological polar surface area (TPSA) is 69.7 Å². The van der Waals surface area contributed by atoms with Crippen molar-refractivity contribution < 1.29 is 45.1 Å². The lowest BCUT2D eigenvalue weighted by Gasteiger charge is -2.54. The SMILES string of the molecule is O=C1N[C@]2(C[C@@H](F)c3cc(Br)ccc32)C(=O)N1CC(=O)N(Cc1ccc(F)cc1)C1(C(F)(F)F)CC(F)(F)C1. The number of carbonyl (C=O) groups excluding carboxylic acids is 3. The van der Waals surface area contributed by atoms with E-state index in [9.17, 15) is 45.1 Å². The van der Waals surface area contributed by atoms with E-state index in [1.807, 2.05) is 0 Å². The number of halogens is 8. The summed E-state index contributed by atoms with van der Waals surface area (Å²) in [5.74, 6) is -6.90. The Morgan fingerprint density at radius 1 is 1.10 bits per heavy atom. The van der Waals surface area contributed by atoms with Crippen molar-refractivity contribution in [1.29, 1.82) is 0 Å². The summed E-state index contributed by atoms with van der Waals surface area (Å²) in [4.78, 5) is 40.2. The van der Waals surface area contributed by atoms with Crippen molar-refractivity contribution in [2.45, 2.75) is 55.2 Å². The van der Waals surface area contributed by atoms with E-state index in [0.29, 0.717) is 9.37 Å². The molecule has 2 aromatic carbocycles. The summed E-state index contributed by atoms with van der Waals surface area (Å²) in [6.07, 6.45) is -10.9. The van der Waals surface area contributed by atoms with Gasteiger partial charge >= 0.3 is 12.2 Å². The zero-order valence-corrected chi connectivity index (χ0v) is 21.4. The number of rotatable bonds is 5. The fourth-order valence-electron chi connectivity index (χ4n) is 5.58. The lowest BCUT2D eigenvalue weighted by Crippen LogP contribution is -2.71. The van der Waals surface area contributed by atoms with Crippen LogP contribution in [0.4, 0.5) is 35.5 Å². The van der Waals surface area contributed by atoms with Crippen molar-refractivity contribution in [3.05, 3.63) is 69.4 Å². The quantitative estimate of drug-likeness (QED) is 0.354. The number of nitrogens with one attached hydrogen (secondary N) is 1. The minimum Gasteiger partial charge on any atom is -0.322 e. The molecule has 3 aliphatic rings. The third-order valence-corrected chi connectivity index (χ3v) is 7.96. The lowest BCUT2D eigenvalue weighted by atomic mass is 9.71. The maximum Gasteiger partial charge on any atom is 0.412 e. The van der Waals surface area contributed by atoms with Gasteiger partial charge in [-0.05, 0) is 41.0 Å². The molecule has 208 valence electrons. The first-order valence-electron chi connectivity index (χ1n) is 11.7. The van der Waals surface area contributed by atoms with Crippen LogP contribution >= 0.6 is 15.9 Å². The molecule has 2 atom stereocenters. The number of hydrogen-bond donors (Lipinski definition) is 1. The lowest BCUT2D eigenvalue weighted by molar-refractivity contribution is -0.307. The normalized spacial score (nSPS) is 24.9. The number of benzene rings is 2. The molecule has 2 fully saturated rings. The van der Waals surface area contributed by atoms with E-state index in [2.05, 4.69) is 21.2 Å². The number of urea groups is 1. The van der Waals surface area contributed by atoms with Crippen molar-refractivity contribution >= 4 is 33.8 Å². The number of amides is 4. The fourth-order valence-corrected chi connectivity index (χ4v) is 5.96. The molecule has 39 heavy (non-hydrogen) atoms. The minimum absolute atomic E-state index is 0.00725. The molecule has 1 heterocycles. The van der Waals surface area contributed by atoms with Gasteiger partial charge in [-0.3, -0.25) is 14.5 Å². The molecular weight excluding hydrogens is 603 g/mol. The van der Waals surface area contributed by atoms with Gasteiger partial charge < -0.3 is 10.2 Å². The number of carbonyl (C=O) groups is 3. The van der Waals surface area contributed by atoms with Gasteiger partial charge in [0.1, 0.15) is 29.6 Å². The predicted molar refractivity (Wildman–Crippen MR) is 124 cm³/mol.